The van der Waals surface area contributed by atoms with Crippen LogP contribution in [0.25, 0.3) is 0 Å². The number of ether oxygens (including phenoxy) is 4. The lowest BCUT2D eigenvalue weighted by atomic mass is 9.79. The Labute approximate surface area is 304 Å². The van der Waals surface area contributed by atoms with Crippen molar-refractivity contribution in [1.29, 1.82) is 0 Å². The van der Waals surface area contributed by atoms with Gasteiger partial charge in [-0.3, -0.25) is 9.59 Å². The molecular weight excluding hydrogens is 660 g/mol. The summed E-state index contributed by atoms with van der Waals surface area (Å²) >= 11 is 0. The Hall–Kier alpha value is -5.40. The van der Waals surface area contributed by atoms with E-state index in [0.29, 0.717) is 82.0 Å². The maximum absolute atomic E-state index is 13.5. The maximum Gasteiger partial charge on any atom is 0.255 e. The number of carbonyl (C=O) groups is 2. The highest BCUT2D eigenvalue weighted by molar-refractivity contribution is 6.06. The summed E-state index contributed by atoms with van der Waals surface area (Å²) in [7, 11) is 0. The van der Waals surface area contributed by atoms with Gasteiger partial charge in [0.15, 0.2) is 0 Å². The monoisotopic (exact) mass is 706 g/mol. The third-order valence-corrected chi connectivity index (χ3v) is 8.15. The Balaban J connectivity index is 1.36. The van der Waals surface area contributed by atoms with Crippen LogP contribution in [0.5, 0.6) is 0 Å². The van der Waals surface area contributed by atoms with Crippen molar-refractivity contribution < 1.29 is 28.5 Å². The second kappa shape index (κ2) is 19.8. The smallest absolute Gasteiger partial charge is 0.255 e. The number of nitrogens with one attached hydrogen (secondary N) is 3. The van der Waals surface area contributed by atoms with Crippen LogP contribution in [0, 0.1) is 0 Å². The van der Waals surface area contributed by atoms with Gasteiger partial charge in [-0.25, -0.2) is 4.68 Å². The summed E-state index contributed by atoms with van der Waals surface area (Å²) in [6, 6.07) is 34.5. The van der Waals surface area contributed by atoms with Gasteiger partial charge >= 0.3 is 0 Å². The third kappa shape index (κ3) is 10.3. The fourth-order valence-electron chi connectivity index (χ4n) is 5.72. The molecule has 0 radical (unpaired) electrons. The molecule has 0 saturated carbocycles. The first kappa shape index (κ1) is 37.8. The van der Waals surface area contributed by atoms with E-state index in [1.807, 2.05) is 72.3 Å². The Morgan fingerprint density at radius 3 is 1.77 bits per heavy atom. The molecule has 0 aliphatic carbocycles. The van der Waals surface area contributed by atoms with E-state index in [0.717, 1.165) is 16.8 Å². The van der Waals surface area contributed by atoms with E-state index >= 15 is 0 Å². The highest BCUT2D eigenvalue weighted by atomic mass is 16.6. The van der Waals surface area contributed by atoms with Crippen LogP contribution in [-0.4, -0.2) is 79.7 Å². The predicted octanol–water partition coefficient (Wildman–Crippen LogP) is 5.98. The summed E-state index contributed by atoms with van der Waals surface area (Å²) in [5, 5.41) is 18.5. The first-order valence-corrected chi connectivity index (χ1v) is 17.4. The molecule has 0 aliphatic rings. The molecule has 12 nitrogen and oxygen atoms in total. The molecule has 3 N–H and O–H groups in total. The topological polar surface area (TPSA) is 138 Å². The van der Waals surface area contributed by atoms with E-state index in [-0.39, 0.29) is 11.8 Å². The molecule has 0 aliphatic heterocycles. The van der Waals surface area contributed by atoms with Gasteiger partial charge < -0.3 is 34.9 Å². The summed E-state index contributed by atoms with van der Waals surface area (Å²) in [5.41, 5.74) is 3.99. The van der Waals surface area contributed by atoms with Gasteiger partial charge in [-0.2, -0.15) is 0 Å². The van der Waals surface area contributed by atoms with E-state index < -0.39 is 5.54 Å². The summed E-state index contributed by atoms with van der Waals surface area (Å²) in [5.74, 6) is -0.478. The van der Waals surface area contributed by atoms with Crippen LogP contribution in [0.15, 0.2) is 115 Å². The van der Waals surface area contributed by atoms with Crippen LogP contribution >= 0.6 is 0 Å². The van der Waals surface area contributed by atoms with Crippen molar-refractivity contribution in [3.63, 3.8) is 0 Å². The Bertz CT molecular complexity index is 1780. The first-order chi connectivity index (χ1) is 25.5. The number of hydrogen-bond donors (Lipinski definition) is 3. The van der Waals surface area contributed by atoms with Gasteiger partial charge in [0.25, 0.3) is 5.91 Å². The quantitative estimate of drug-likeness (QED) is 0.0788. The standard InChI is InChI=1S/C40H46N6O6/c1-3-49-24-25-51-28-29-52-27-26-50-23-22-46-38(30-41-45-46)40(33-12-6-4-7-13-33,34-14-8-5-9-15-34)44-37-17-11-10-16-36(37)43-39(48)32-18-20-35(21-19-32)42-31(2)47/h4-21,30,44H,3,22-29H2,1-2H3,(H,42,47)(H,43,48). The lowest BCUT2D eigenvalue weighted by Gasteiger charge is -2.37. The molecule has 1 heterocycles. The van der Waals surface area contributed by atoms with Crippen LogP contribution in [0.4, 0.5) is 17.1 Å². The van der Waals surface area contributed by atoms with E-state index in [1.54, 1.807) is 30.5 Å². The van der Waals surface area contributed by atoms with Gasteiger partial charge in [0.05, 0.1) is 76.1 Å². The number of aromatic nitrogens is 3. The summed E-state index contributed by atoms with van der Waals surface area (Å²) in [4.78, 5) is 25.0. The zero-order valence-corrected chi connectivity index (χ0v) is 29.6. The van der Waals surface area contributed by atoms with E-state index in [9.17, 15) is 9.59 Å². The SMILES string of the molecule is CCOCCOCCOCCOCCn1nncc1C(Nc1ccccc1NC(=O)c1ccc(NC(C)=O)cc1)(c1ccccc1)c1ccccc1. The minimum Gasteiger partial charge on any atom is -0.379 e. The highest BCUT2D eigenvalue weighted by Crippen LogP contribution is 2.41. The minimum atomic E-state index is -0.988. The second-order valence-corrected chi connectivity index (χ2v) is 11.7. The number of amides is 2. The van der Waals surface area contributed by atoms with Crippen LogP contribution in [-0.2, 0) is 35.8 Å². The normalized spacial score (nSPS) is 11.3. The van der Waals surface area contributed by atoms with E-state index in [2.05, 4.69) is 50.5 Å². The summed E-state index contributed by atoms with van der Waals surface area (Å²) in [6.45, 7) is 7.88. The Morgan fingerprint density at radius 2 is 1.19 bits per heavy atom. The van der Waals surface area contributed by atoms with Crippen molar-refractivity contribution in [2.75, 3.05) is 68.8 Å². The second-order valence-electron chi connectivity index (χ2n) is 11.7. The average Bonchev–Trinajstić information content (AvgIpc) is 3.64. The van der Waals surface area contributed by atoms with Crippen LogP contribution in [0.3, 0.4) is 0 Å². The third-order valence-electron chi connectivity index (χ3n) is 8.15. The van der Waals surface area contributed by atoms with E-state index in [1.165, 1.54) is 6.92 Å². The van der Waals surface area contributed by atoms with Crippen molar-refractivity contribution >= 4 is 28.9 Å². The average molecular weight is 707 g/mol. The molecule has 1 aromatic heterocycles. The molecule has 0 atom stereocenters. The molecule has 12 heteroatoms. The molecule has 4 aromatic carbocycles. The largest absolute Gasteiger partial charge is 0.379 e. The number of hydrogen-bond acceptors (Lipinski definition) is 9. The minimum absolute atomic E-state index is 0.182. The van der Waals surface area contributed by atoms with Crippen molar-refractivity contribution in [3.05, 3.63) is 138 Å². The molecule has 0 fully saturated rings. The zero-order chi connectivity index (χ0) is 36.4. The summed E-state index contributed by atoms with van der Waals surface area (Å²) < 4.78 is 24.2. The molecule has 52 heavy (non-hydrogen) atoms. The lowest BCUT2D eigenvalue weighted by Crippen LogP contribution is -2.40. The molecule has 5 aromatic rings. The number of anilines is 3. The Kier molecular flexibility index (Phi) is 14.4. The number of carbonyl (C=O) groups excluding carboxylic acids is 2. The zero-order valence-electron chi connectivity index (χ0n) is 29.6. The van der Waals surface area contributed by atoms with E-state index in [4.69, 9.17) is 18.9 Å². The van der Waals surface area contributed by atoms with Gasteiger partial charge in [-0.1, -0.05) is 78.0 Å². The molecular formula is C40H46N6O6. The van der Waals surface area contributed by atoms with Crippen molar-refractivity contribution in [1.82, 2.24) is 15.0 Å². The first-order valence-electron chi connectivity index (χ1n) is 17.4. The van der Waals surface area contributed by atoms with Crippen LogP contribution in [0.1, 0.15) is 41.0 Å². The predicted molar refractivity (Wildman–Crippen MR) is 201 cm³/mol. The molecule has 0 bridgehead atoms. The van der Waals surface area contributed by atoms with Gasteiger partial charge in [0.2, 0.25) is 5.91 Å². The van der Waals surface area contributed by atoms with Crippen molar-refractivity contribution in [2.24, 2.45) is 0 Å². The van der Waals surface area contributed by atoms with Gasteiger partial charge in [-0.15, -0.1) is 5.10 Å². The van der Waals surface area contributed by atoms with Crippen LogP contribution < -0.4 is 16.0 Å². The molecule has 0 saturated heterocycles. The van der Waals surface area contributed by atoms with Crippen molar-refractivity contribution in [2.45, 2.75) is 25.9 Å². The number of para-hydroxylation sites is 2. The molecule has 5 rings (SSSR count). The van der Waals surface area contributed by atoms with Gasteiger partial charge in [0.1, 0.15) is 5.54 Å². The molecule has 272 valence electrons. The maximum atomic E-state index is 13.5. The fraction of sp³-hybridized carbons (Fsp3) is 0.300. The fourth-order valence-corrected chi connectivity index (χ4v) is 5.72. The highest BCUT2D eigenvalue weighted by Gasteiger charge is 2.40. The van der Waals surface area contributed by atoms with Crippen molar-refractivity contribution in [3.8, 4) is 0 Å². The molecule has 0 unspecified atom stereocenters. The molecule has 2 amide bonds. The van der Waals surface area contributed by atoms with Gasteiger partial charge in [0, 0.05) is 24.8 Å². The molecule has 0 spiro atoms. The number of rotatable bonds is 21. The number of benzene rings is 4. The summed E-state index contributed by atoms with van der Waals surface area (Å²) in [6.07, 6.45) is 1.76. The lowest BCUT2D eigenvalue weighted by molar-refractivity contribution is -0.114. The number of nitrogens with zero attached hydrogens (tertiary/aromatic N) is 3. The van der Waals surface area contributed by atoms with Crippen LogP contribution in [0.2, 0.25) is 0 Å². The van der Waals surface area contributed by atoms with Gasteiger partial charge in [-0.05, 0) is 54.4 Å². The Morgan fingerprint density at radius 1 is 0.654 bits per heavy atom.